The Labute approximate surface area is 164 Å². The number of amides is 2. The molecule has 148 valence electrons. The number of amidine groups is 1. The largest absolute Gasteiger partial charge is 0.355 e. The fourth-order valence-electron chi connectivity index (χ4n) is 2.85. The summed E-state index contributed by atoms with van der Waals surface area (Å²) in [5.74, 6) is -0.564. The quantitative estimate of drug-likeness (QED) is 0.638. The van der Waals surface area contributed by atoms with Crippen LogP contribution in [0.4, 0.5) is 10.1 Å². The lowest BCUT2D eigenvalue weighted by Crippen LogP contribution is -2.47. The summed E-state index contributed by atoms with van der Waals surface area (Å²) in [6, 6.07) is 5.82. The average molecular weight is 394 g/mol. The second-order valence-corrected chi connectivity index (χ2v) is 7.71. The molecular weight excluding hydrogens is 365 g/mol. The molecular formula is C20H28FN3O2S. The van der Waals surface area contributed by atoms with Crippen molar-refractivity contribution in [3.8, 4) is 0 Å². The molecule has 0 radical (unpaired) electrons. The summed E-state index contributed by atoms with van der Waals surface area (Å²) in [6.45, 7) is 5.14. The summed E-state index contributed by atoms with van der Waals surface area (Å²) in [6.07, 6.45) is 5.65. The van der Waals surface area contributed by atoms with Gasteiger partial charge >= 0.3 is 0 Å². The van der Waals surface area contributed by atoms with Gasteiger partial charge in [-0.2, -0.15) is 0 Å². The first-order chi connectivity index (χ1) is 13.0. The third-order valence-electron chi connectivity index (χ3n) is 4.32. The third kappa shape index (κ3) is 6.65. The zero-order valence-corrected chi connectivity index (χ0v) is 16.9. The SMILES string of the molecule is CCCCCCCN1C(=O)CC(C(=O)NCC)SC1=Nc1ccc(F)cc1. The molecule has 27 heavy (non-hydrogen) atoms. The molecule has 1 unspecified atom stereocenters. The number of benzene rings is 1. The topological polar surface area (TPSA) is 61.8 Å². The Morgan fingerprint density at radius 2 is 1.93 bits per heavy atom. The van der Waals surface area contributed by atoms with Crippen LogP contribution < -0.4 is 5.32 Å². The summed E-state index contributed by atoms with van der Waals surface area (Å²) >= 11 is 1.31. The maximum atomic E-state index is 13.2. The molecule has 1 N–H and O–H groups in total. The van der Waals surface area contributed by atoms with Crippen LogP contribution in [0.3, 0.4) is 0 Å². The van der Waals surface area contributed by atoms with Crippen LogP contribution in [0.5, 0.6) is 0 Å². The first kappa shape index (κ1) is 21.4. The summed E-state index contributed by atoms with van der Waals surface area (Å²) < 4.78 is 13.2. The first-order valence-electron chi connectivity index (χ1n) is 9.64. The van der Waals surface area contributed by atoms with E-state index in [1.165, 1.54) is 36.7 Å². The van der Waals surface area contributed by atoms with Crippen LogP contribution in [-0.2, 0) is 9.59 Å². The fraction of sp³-hybridized carbons (Fsp3) is 0.550. The molecule has 1 fully saturated rings. The summed E-state index contributed by atoms with van der Waals surface area (Å²) in [5, 5.41) is 2.81. The lowest BCUT2D eigenvalue weighted by atomic mass is 10.1. The van der Waals surface area contributed by atoms with E-state index in [2.05, 4.69) is 17.2 Å². The van der Waals surface area contributed by atoms with Crippen molar-refractivity contribution in [3.63, 3.8) is 0 Å². The van der Waals surface area contributed by atoms with Crippen LogP contribution in [-0.4, -0.2) is 40.2 Å². The number of carbonyl (C=O) groups excluding carboxylic acids is 2. The Bertz CT molecular complexity index is 664. The van der Waals surface area contributed by atoms with Gasteiger partial charge in [0.2, 0.25) is 11.8 Å². The number of hydrogen-bond donors (Lipinski definition) is 1. The highest BCUT2D eigenvalue weighted by molar-refractivity contribution is 8.15. The Kier molecular flexibility index (Phi) is 8.78. The van der Waals surface area contributed by atoms with E-state index < -0.39 is 5.25 Å². The number of halogens is 1. The average Bonchev–Trinajstić information content (AvgIpc) is 2.65. The third-order valence-corrected chi connectivity index (χ3v) is 5.51. The van der Waals surface area contributed by atoms with Crippen LogP contribution in [0, 0.1) is 5.82 Å². The number of aliphatic imine (C=N–C) groups is 1. The Balaban J connectivity index is 2.15. The fourth-order valence-corrected chi connectivity index (χ4v) is 4.00. The molecule has 0 saturated carbocycles. The van der Waals surface area contributed by atoms with Crippen molar-refractivity contribution in [2.45, 2.75) is 57.6 Å². The van der Waals surface area contributed by atoms with Gasteiger partial charge in [0.25, 0.3) is 0 Å². The molecule has 0 bridgehead atoms. The van der Waals surface area contributed by atoms with Crippen molar-refractivity contribution in [2.75, 3.05) is 13.1 Å². The Morgan fingerprint density at radius 1 is 1.22 bits per heavy atom. The van der Waals surface area contributed by atoms with Crippen molar-refractivity contribution in [1.29, 1.82) is 0 Å². The highest BCUT2D eigenvalue weighted by Gasteiger charge is 2.35. The van der Waals surface area contributed by atoms with Gasteiger partial charge in [-0.1, -0.05) is 44.4 Å². The zero-order valence-electron chi connectivity index (χ0n) is 16.0. The van der Waals surface area contributed by atoms with E-state index in [-0.39, 0.29) is 24.1 Å². The predicted octanol–water partition coefficient (Wildman–Crippen LogP) is 4.25. The number of rotatable bonds is 9. The number of thioether (sulfide) groups is 1. The van der Waals surface area contributed by atoms with Gasteiger partial charge in [-0.15, -0.1) is 0 Å². The highest BCUT2D eigenvalue weighted by atomic mass is 32.2. The van der Waals surface area contributed by atoms with Crippen LogP contribution in [0.1, 0.15) is 52.4 Å². The standard InChI is InChI=1S/C20H28FN3O2S/c1-3-5-6-7-8-13-24-18(25)14-17(19(26)22-4-2)27-20(24)23-16-11-9-15(21)10-12-16/h9-12,17H,3-8,13-14H2,1-2H3,(H,22,26). The van der Waals surface area contributed by atoms with Crippen molar-refractivity contribution < 1.29 is 14.0 Å². The first-order valence-corrected chi connectivity index (χ1v) is 10.5. The molecule has 1 heterocycles. The van der Waals surface area contributed by atoms with E-state index in [0.717, 1.165) is 19.3 Å². The van der Waals surface area contributed by atoms with Gasteiger partial charge in [0.05, 0.1) is 10.9 Å². The molecule has 1 aromatic rings. The molecule has 2 rings (SSSR count). The minimum absolute atomic E-state index is 0.0821. The number of unbranched alkanes of at least 4 members (excludes halogenated alkanes) is 4. The molecule has 2 amide bonds. The van der Waals surface area contributed by atoms with Gasteiger partial charge in [-0.3, -0.25) is 14.5 Å². The molecule has 5 nitrogen and oxygen atoms in total. The van der Waals surface area contributed by atoms with Gasteiger partial charge in [0.15, 0.2) is 5.17 Å². The van der Waals surface area contributed by atoms with Crippen molar-refractivity contribution in [3.05, 3.63) is 30.1 Å². The molecule has 0 aliphatic carbocycles. The second-order valence-electron chi connectivity index (χ2n) is 6.54. The van der Waals surface area contributed by atoms with E-state index >= 15 is 0 Å². The minimum Gasteiger partial charge on any atom is -0.355 e. The predicted molar refractivity (Wildman–Crippen MR) is 109 cm³/mol. The van der Waals surface area contributed by atoms with E-state index in [1.807, 2.05) is 6.92 Å². The van der Waals surface area contributed by atoms with Crippen LogP contribution >= 0.6 is 11.8 Å². The van der Waals surface area contributed by atoms with Gasteiger partial charge in [-0.25, -0.2) is 9.38 Å². The number of carbonyl (C=O) groups is 2. The lowest BCUT2D eigenvalue weighted by Gasteiger charge is -2.31. The van der Waals surface area contributed by atoms with E-state index in [1.54, 1.807) is 17.0 Å². The summed E-state index contributed by atoms with van der Waals surface area (Å²) in [7, 11) is 0. The van der Waals surface area contributed by atoms with Crippen LogP contribution in [0.2, 0.25) is 0 Å². The smallest absolute Gasteiger partial charge is 0.234 e. The van der Waals surface area contributed by atoms with Crippen molar-refractivity contribution >= 4 is 34.4 Å². The highest BCUT2D eigenvalue weighted by Crippen LogP contribution is 2.29. The Morgan fingerprint density at radius 3 is 2.59 bits per heavy atom. The van der Waals surface area contributed by atoms with Crippen molar-refractivity contribution in [2.24, 2.45) is 4.99 Å². The maximum Gasteiger partial charge on any atom is 0.234 e. The van der Waals surface area contributed by atoms with Gasteiger partial charge in [-0.05, 0) is 37.6 Å². The van der Waals surface area contributed by atoms with E-state index in [9.17, 15) is 14.0 Å². The molecule has 0 spiro atoms. The number of hydrogen-bond acceptors (Lipinski definition) is 4. The molecule has 7 heteroatoms. The van der Waals surface area contributed by atoms with Gasteiger partial charge < -0.3 is 5.32 Å². The minimum atomic E-state index is -0.479. The molecule has 1 aliphatic rings. The molecule has 1 saturated heterocycles. The zero-order chi connectivity index (χ0) is 19.6. The van der Waals surface area contributed by atoms with Gasteiger partial charge in [0.1, 0.15) is 5.82 Å². The van der Waals surface area contributed by atoms with Crippen molar-refractivity contribution in [1.82, 2.24) is 10.2 Å². The lowest BCUT2D eigenvalue weighted by molar-refractivity contribution is -0.130. The number of nitrogens with zero attached hydrogens (tertiary/aromatic N) is 2. The van der Waals surface area contributed by atoms with E-state index in [0.29, 0.717) is 23.9 Å². The van der Waals surface area contributed by atoms with Crippen LogP contribution in [0.15, 0.2) is 29.3 Å². The summed E-state index contributed by atoms with van der Waals surface area (Å²) in [5.41, 5.74) is 0.569. The molecule has 1 aliphatic heterocycles. The monoisotopic (exact) mass is 393 g/mol. The molecule has 0 aromatic heterocycles. The molecule has 1 aromatic carbocycles. The Hall–Kier alpha value is -1.89. The maximum absolute atomic E-state index is 13.2. The van der Waals surface area contributed by atoms with Crippen LogP contribution in [0.25, 0.3) is 0 Å². The van der Waals surface area contributed by atoms with E-state index in [4.69, 9.17) is 0 Å². The molecule has 1 atom stereocenters. The normalized spacial score (nSPS) is 18.8. The summed E-state index contributed by atoms with van der Waals surface area (Å²) in [4.78, 5) is 31.1. The second kappa shape index (κ2) is 11.1. The van der Waals surface area contributed by atoms with Gasteiger partial charge in [0, 0.05) is 19.5 Å². The number of nitrogens with one attached hydrogen (secondary N) is 1.